The third-order valence-electron chi connectivity index (χ3n) is 1.21. The molecule has 1 aromatic carbocycles. The molecule has 0 N–H and O–H groups in total. The second kappa shape index (κ2) is 4.33. The molecule has 0 aliphatic heterocycles. The molecular weight excluding hydrogens is 119 g/mol. The molecule has 0 aromatic heterocycles. The van der Waals surface area contributed by atoms with E-state index in [-0.39, 0.29) is 18.9 Å². The first-order valence-corrected chi connectivity index (χ1v) is 2.85. The van der Waals surface area contributed by atoms with Gasteiger partial charge in [-0.3, -0.25) is 4.79 Å². The van der Waals surface area contributed by atoms with E-state index < -0.39 is 0 Å². The minimum atomic E-state index is 0. The Morgan fingerprint density at radius 1 is 1.20 bits per heavy atom. The average molecular weight is 128 g/mol. The van der Waals surface area contributed by atoms with E-state index in [1.165, 1.54) is 5.56 Å². The van der Waals surface area contributed by atoms with Gasteiger partial charge >= 0.3 is 18.9 Å². The fourth-order valence-electron chi connectivity index (χ4n) is 0.645. The van der Waals surface area contributed by atoms with Crippen LogP contribution in [0.4, 0.5) is 0 Å². The fourth-order valence-corrected chi connectivity index (χ4v) is 0.645. The van der Waals surface area contributed by atoms with Crippen LogP contribution in [0.5, 0.6) is 0 Å². The summed E-state index contributed by atoms with van der Waals surface area (Å²) in [5, 5.41) is 0. The van der Waals surface area contributed by atoms with Gasteiger partial charge in [0.1, 0.15) is 6.29 Å². The van der Waals surface area contributed by atoms with E-state index in [1.807, 2.05) is 31.2 Å². The van der Waals surface area contributed by atoms with Crippen LogP contribution in [0.2, 0.25) is 0 Å². The molecule has 0 saturated heterocycles. The summed E-state index contributed by atoms with van der Waals surface area (Å²) in [7, 11) is 0. The first kappa shape index (κ1) is 9.49. The Kier molecular flexibility index (Phi) is 4.10. The van der Waals surface area contributed by atoms with E-state index in [4.69, 9.17) is 0 Å². The Labute approximate surface area is 72.6 Å². The molecule has 0 radical (unpaired) electrons. The summed E-state index contributed by atoms with van der Waals surface area (Å²) in [6.07, 6.45) is 0.847. The summed E-state index contributed by atoms with van der Waals surface area (Å²) in [5.74, 6) is 0. The Morgan fingerprint density at radius 3 is 2.10 bits per heavy atom. The molecule has 10 heavy (non-hydrogen) atoms. The number of rotatable bonds is 1. The second-order valence-corrected chi connectivity index (χ2v) is 2.03. The average Bonchev–Trinajstić information content (AvgIpc) is 1.90. The van der Waals surface area contributed by atoms with Crippen molar-refractivity contribution < 1.29 is 4.79 Å². The Hall–Kier alpha value is -0.513. The topological polar surface area (TPSA) is 17.1 Å². The van der Waals surface area contributed by atoms with Crippen LogP contribution in [0.15, 0.2) is 24.3 Å². The first-order valence-electron chi connectivity index (χ1n) is 2.85. The van der Waals surface area contributed by atoms with Crippen molar-refractivity contribution in [1.82, 2.24) is 0 Å². The number of carbonyl (C=O) groups is 1. The van der Waals surface area contributed by atoms with Crippen LogP contribution in [0.3, 0.4) is 0 Å². The van der Waals surface area contributed by atoms with Crippen molar-refractivity contribution in [3.8, 4) is 0 Å². The van der Waals surface area contributed by atoms with Gasteiger partial charge in [0.25, 0.3) is 0 Å². The Balaban J connectivity index is 0.000000810. The van der Waals surface area contributed by atoms with Crippen molar-refractivity contribution >= 4 is 25.1 Å². The second-order valence-electron chi connectivity index (χ2n) is 2.03. The third-order valence-corrected chi connectivity index (χ3v) is 1.21. The van der Waals surface area contributed by atoms with Crippen molar-refractivity contribution in [2.75, 3.05) is 0 Å². The molecule has 48 valence electrons. The first-order chi connectivity index (χ1) is 4.33. The van der Waals surface area contributed by atoms with Gasteiger partial charge in [-0.15, -0.1) is 0 Å². The summed E-state index contributed by atoms with van der Waals surface area (Å²) in [4.78, 5) is 10.1. The van der Waals surface area contributed by atoms with Gasteiger partial charge in [-0.2, -0.15) is 0 Å². The van der Waals surface area contributed by atoms with Crippen LogP contribution in [-0.4, -0.2) is 25.1 Å². The summed E-state index contributed by atoms with van der Waals surface area (Å²) in [6.45, 7) is 1.99. The van der Waals surface area contributed by atoms with Gasteiger partial charge in [0.15, 0.2) is 0 Å². The van der Waals surface area contributed by atoms with Crippen molar-refractivity contribution in [2.24, 2.45) is 0 Å². The third kappa shape index (κ3) is 2.39. The van der Waals surface area contributed by atoms with Crippen LogP contribution in [0, 0.1) is 6.92 Å². The van der Waals surface area contributed by atoms with Crippen LogP contribution in [0.1, 0.15) is 15.9 Å². The van der Waals surface area contributed by atoms with Crippen LogP contribution >= 0.6 is 0 Å². The number of carbonyl (C=O) groups excluding carboxylic acids is 1. The monoisotopic (exact) mass is 128 g/mol. The van der Waals surface area contributed by atoms with Crippen LogP contribution in [0.25, 0.3) is 0 Å². The maximum atomic E-state index is 10.1. The summed E-state index contributed by atoms with van der Waals surface area (Å²) in [5.41, 5.74) is 1.92. The van der Waals surface area contributed by atoms with E-state index in [0.717, 1.165) is 11.8 Å². The fraction of sp³-hybridized carbons (Fsp3) is 0.125. The molecule has 0 atom stereocenters. The number of aryl methyl sites for hydroxylation is 1. The van der Waals surface area contributed by atoms with Crippen molar-refractivity contribution in [3.63, 3.8) is 0 Å². The zero-order valence-electron chi connectivity index (χ0n) is 5.29. The normalized spacial score (nSPS) is 8.10. The van der Waals surface area contributed by atoms with Gasteiger partial charge in [-0.05, 0) is 6.92 Å². The van der Waals surface area contributed by atoms with Crippen molar-refractivity contribution in [2.45, 2.75) is 6.92 Å². The standard InChI is InChI=1S/C8H8O.Li.H/c1-7-2-4-8(6-9)5-3-7;;/h2-6H,1H3;;. The summed E-state index contributed by atoms with van der Waals surface area (Å²) in [6, 6.07) is 7.46. The van der Waals surface area contributed by atoms with Crippen molar-refractivity contribution in [1.29, 1.82) is 0 Å². The number of hydrogen-bond acceptors (Lipinski definition) is 1. The van der Waals surface area contributed by atoms with E-state index in [1.54, 1.807) is 0 Å². The minimum absolute atomic E-state index is 0. The van der Waals surface area contributed by atoms with Gasteiger partial charge in [-0.1, -0.05) is 29.8 Å². The quantitative estimate of drug-likeness (QED) is 0.409. The number of benzene rings is 1. The van der Waals surface area contributed by atoms with Gasteiger partial charge in [0, 0.05) is 5.56 Å². The van der Waals surface area contributed by atoms with E-state index in [0.29, 0.717) is 0 Å². The predicted octanol–water partition coefficient (Wildman–Crippen LogP) is 1.16. The van der Waals surface area contributed by atoms with E-state index in [9.17, 15) is 4.79 Å². The molecular formula is C8H9LiO. The van der Waals surface area contributed by atoms with Crippen molar-refractivity contribution in [3.05, 3.63) is 35.4 Å². The molecule has 0 aliphatic rings. The summed E-state index contributed by atoms with van der Waals surface area (Å²) >= 11 is 0. The molecule has 0 fully saturated rings. The molecule has 0 amide bonds. The number of hydrogen-bond donors (Lipinski definition) is 0. The number of aldehydes is 1. The molecule has 1 rings (SSSR count). The van der Waals surface area contributed by atoms with E-state index >= 15 is 0 Å². The van der Waals surface area contributed by atoms with Gasteiger partial charge < -0.3 is 0 Å². The van der Waals surface area contributed by atoms with Gasteiger partial charge in [0.2, 0.25) is 0 Å². The van der Waals surface area contributed by atoms with Crippen LogP contribution < -0.4 is 0 Å². The molecule has 0 aliphatic carbocycles. The Morgan fingerprint density at radius 2 is 1.70 bits per heavy atom. The van der Waals surface area contributed by atoms with Gasteiger partial charge in [-0.25, -0.2) is 0 Å². The molecule has 0 unspecified atom stereocenters. The molecule has 0 heterocycles. The molecule has 1 nitrogen and oxygen atoms in total. The molecule has 2 heteroatoms. The Bertz CT molecular complexity index is 203. The molecule has 0 spiro atoms. The summed E-state index contributed by atoms with van der Waals surface area (Å²) < 4.78 is 0. The predicted molar refractivity (Wildman–Crippen MR) is 43.7 cm³/mol. The van der Waals surface area contributed by atoms with Gasteiger partial charge in [0.05, 0.1) is 0 Å². The zero-order valence-corrected chi connectivity index (χ0v) is 5.29. The SMILES string of the molecule is Cc1ccc(C=O)cc1.[LiH]. The maximum absolute atomic E-state index is 10.1. The molecule has 0 bridgehead atoms. The molecule has 1 aromatic rings. The van der Waals surface area contributed by atoms with E-state index in [2.05, 4.69) is 0 Å². The zero-order chi connectivity index (χ0) is 6.69. The van der Waals surface area contributed by atoms with Crippen LogP contribution in [-0.2, 0) is 0 Å². The molecule has 0 saturated carbocycles.